The molecule has 0 saturated heterocycles. The van der Waals surface area contributed by atoms with E-state index < -0.39 is 0 Å². The number of fused-ring (bicyclic) bond motifs is 1. The maximum Gasteiger partial charge on any atom is 0.125 e. The van der Waals surface area contributed by atoms with Crippen molar-refractivity contribution in [2.24, 2.45) is 5.41 Å². The lowest BCUT2D eigenvalue weighted by molar-refractivity contribution is 0.359. The van der Waals surface area contributed by atoms with Crippen molar-refractivity contribution in [3.8, 4) is 0 Å². The first kappa shape index (κ1) is 12.9. The highest BCUT2D eigenvalue weighted by Crippen LogP contribution is 2.45. The summed E-state index contributed by atoms with van der Waals surface area (Å²) in [6.45, 7) is 4.57. The van der Waals surface area contributed by atoms with Crippen LogP contribution < -0.4 is 0 Å². The van der Waals surface area contributed by atoms with E-state index in [1.54, 1.807) is 12.1 Å². The van der Waals surface area contributed by atoms with Crippen molar-refractivity contribution >= 4 is 22.6 Å². The van der Waals surface area contributed by atoms with E-state index in [1.165, 1.54) is 12.5 Å². The monoisotopic (exact) mass is 280 g/mol. The number of rotatable bonds is 2. The fourth-order valence-corrected chi connectivity index (χ4v) is 3.43. The van der Waals surface area contributed by atoms with Crippen molar-refractivity contribution in [2.45, 2.75) is 45.0 Å². The molecule has 3 rings (SSSR count). The standard InChI is InChI=1S/C15H18ClFN2/c1-15(2)6-5-11(8-15)19-13-7-10(17)3-4-12(13)18-14(19)9-16/h3-4,7,11H,5-6,8-9H2,1-2H3. The second-order valence-electron chi connectivity index (χ2n) is 6.23. The summed E-state index contributed by atoms with van der Waals surface area (Å²) in [5.74, 6) is 1.00. The van der Waals surface area contributed by atoms with Gasteiger partial charge in [0.05, 0.1) is 16.9 Å². The van der Waals surface area contributed by atoms with Gasteiger partial charge in [0.15, 0.2) is 0 Å². The smallest absolute Gasteiger partial charge is 0.125 e. The first-order chi connectivity index (χ1) is 9.00. The number of hydrogen-bond donors (Lipinski definition) is 0. The molecule has 2 aromatic rings. The molecule has 0 radical (unpaired) electrons. The Labute approximate surface area is 117 Å². The molecule has 1 aromatic heterocycles. The van der Waals surface area contributed by atoms with E-state index in [0.29, 0.717) is 17.3 Å². The first-order valence-corrected chi connectivity index (χ1v) is 7.26. The van der Waals surface area contributed by atoms with Gasteiger partial charge in [-0.2, -0.15) is 0 Å². The molecule has 102 valence electrons. The van der Waals surface area contributed by atoms with Gasteiger partial charge in [0.25, 0.3) is 0 Å². The molecule has 1 unspecified atom stereocenters. The molecule has 1 aromatic carbocycles. The van der Waals surface area contributed by atoms with E-state index in [1.807, 2.05) is 0 Å². The Morgan fingerprint density at radius 2 is 2.26 bits per heavy atom. The summed E-state index contributed by atoms with van der Waals surface area (Å²) in [5, 5.41) is 0. The zero-order valence-corrected chi connectivity index (χ0v) is 12.0. The zero-order valence-electron chi connectivity index (χ0n) is 11.3. The van der Waals surface area contributed by atoms with E-state index in [2.05, 4.69) is 23.4 Å². The highest BCUT2D eigenvalue weighted by Gasteiger charge is 2.33. The average Bonchev–Trinajstić information content (AvgIpc) is 2.88. The largest absolute Gasteiger partial charge is 0.324 e. The maximum absolute atomic E-state index is 13.5. The molecule has 19 heavy (non-hydrogen) atoms. The van der Waals surface area contributed by atoms with Crippen molar-refractivity contribution < 1.29 is 4.39 Å². The van der Waals surface area contributed by atoms with Crippen molar-refractivity contribution in [3.63, 3.8) is 0 Å². The minimum atomic E-state index is -0.216. The Balaban J connectivity index is 2.13. The second kappa shape index (κ2) is 4.48. The van der Waals surface area contributed by atoms with Gasteiger partial charge in [-0.3, -0.25) is 0 Å². The summed E-state index contributed by atoms with van der Waals surface area (Å²) < 4.78 is 15.6. The minimum Gasteiger partial charge on any atom is -0.324 e. The van der Waals surface area contributed by atoms with Gasteiger partial charge in [0, 0.05) is 6.04 Å². The van der Waals surface area contributed by atoms with Crippen molar-refractivity contribution in [3.05, 3.63) is 29.8 Å². The van der Waals surface area contributed by atoms with Crippen molar-refractivity contribution in [2.75, 3.05) is 0 Å². The molecule has 1 aliphatic carbocycles. The Morgan fingerprint density at radius 3 is 2.89 bits per heavy atom. The number of imidazole rings is 1. The SMILES string of the molecule is CC1(C)CCC(n2c(CCl)nc3ccc(F)cc32)C1. The molecule has 0 aliphatic heterocycles. The molecule has 1 heterocycles. The number of benzene rings is 1. The predicted molar refractivity (Wildman–Crippen MR) is 75.9 cm³/mol. The van der Waals surface area contributed by atoms with E-state index in [9.17, 15) is 4.39 Å². The van der Waals surface area contributed by atoms with Crippen LogP contribution in [0.15, 0.2) is 18.2 Å². The minimum absolute atomic E-state index is 0.216. The number of nitrogens with zero attached hydrogens (tertiary/aromatic N) is 2. The van der Waals surface area contributed by atoms with Gasteiger partial charge >= 0.3 is 0 Å². The summed E-state index contributed by atoms with van der Waals surface area (Å²) in [5.41, 5.74) is 2.05. The van der Waals surface area contributed by atoms with Crippen molar-refractivity contribution in [1.29, 1.82) is 0 Å². The van der Waals surface area contributed by atoms with Crippen LogP contribution in [0.5, 0.6) is 0 Å². The van der Waals surface area contributed by atoms with E-state index in [4.69, 9.17) is 11.6 Å². The molecule has 0 N–H and O–H groups in total. The quantitative estimate of drug-likeness (QED) is 0.731. The summed E-state index contributed by atoms with van der Waals surface area (Å²) >= 11 is 6.02. The highest BCUT2D eigenvalue weighted by atomic mass is 35.5. The Kier molecular flexibility index (Phi) is 3.05. The molecular weight excluding hydrogens is 263 g/mol. The number of halogens is 2. The lowest BCUT2D eigenvalue weighted by atomic mass is 9.92. The molecule has 1 saturated carbocycles. The fourth-order valence-electron chi connectivity index (χ4n) is 3.24. The number of alkyl halides is 1. The summed E-state index contributed by atoms with van der Waals surface area (Å²) in [4.78, 5) is 4.53. The van der Waals surface area contributed by atoms with E-state index in [0.717, 1.165) is 29.7 Å². The molecule has 1 fully saturated rings. The molecule has 0 bridgehead atoms. The fraction of sp³-hybridized carbons (Fsp3) is 0.533. The van der Waals surface area contributed by atoms with Crippen LogP contribution in [0, 0.1) is 11.2 Å². The lowest BCUT2D eigenvalue weighted by Gasteiger charge is -2.19. The molecule has 4 heteroatoms. The molecule has 0 spiro atoms. The van der Waals surface area contributed by atoms with Crippen LogP contribution in [0.4, 0.5) is 4.39 Å². The second-order valence-corrected chi connectivity index (χ2v) is 6.49. The van der Waals surface area contributed by atoms with Crippen LogP contribution >= 0.6 is 11.6 Å². The van der Waals surface area contributed by atoms with Gasteiger partial charge in [-0.25, -0.2) is 9.37 Å². The van der Waals surface area contributed by atoms with Crippen molar-refractivity contribution in [1.82, 2.24) is 9.55 Å². The topological polar surface area (TPSA) is 17.8 Å². The van der Waals surface area contributed by atoms with Crippen LogP contribution in [-0.4, -0.2) is 9.55 Å². The van der Waals surface area contributed by atoms with Gasteiger partial charge in [0.1, 0.15) is 11.6 Å². The normalized spacial score (nSPS) is 22.2. The zero-order chi connectivity index (χ0) is 13.6. The highest BCUT2D eigenvalue weighted by molar-refractivity contribution is 6.16. The Bertz CT molecular complexity index is 618. The van der Waals surface area contributed by atoms with Gasteiger partial charge < -0.3 is 4.57 Å². The number of hydrogen-bond acceptors (Lipinski definition) is 1. The van der Waals surface area contributed by atoms with Gasteiger partial charge in [-0.15, -0.1) is 11.6 Å². The molecule has 1 atom stereocenters. The van der Waals surface area contributed by atoms with Gasteiger partial charge in [-0.1, -0.05) is 13.8 Å². The first-order valence-electron chi connectivity index (χ1n) is 6.72. The predicted octanol–water partition coefficient (Wildman–Crippen LogP) is 4.67. The summed E-state index contributed by atoms with van der Waals surface area (Å²) in [6, 6.07) is 5.15. The maximum atomic E-state index is 13.5. The van der Waals surface area contributed by atoms with E-state index >= 15 is 0 Å². The van der Waals surface area contributed by atoms with Crippen LogP contribution in [0.1, 0.15) is 45.0 Å². The third kappa shape index (κ3) is 2.25. The Hall–Kier alpha value is -1.09. The average molecular weight is 281 g/mol. The summed E-state index contributed by atoms with van der Waals surface area (Å²) in [7, 11) is 0. The van der Waals surface area contributed by atoms with E-state index in [-0.39, 0.29) is 5.82 Å². The summed E-state index contributed by atoms with van der Waals surface area (Å²) in [6.07, 6.45) is 3.39. The lowest BCUT2D eigenvalue weighted by Crippen LogP contribution is -2.11. The van der Waals surface area contributed by atoms with Crippen LogP contribution in [0.2, 0.25) is 0 Å². The molecule has 1 aliphatic rings. The van der Waals surface area contributed by atoms with Gasteiger partial charge in [0.2, 0.25) is 0 Å². The molecule has 0 amide bonds. The third-order valence-electron chi connectivity index (χ3n) is 4.15. The Morgan fingerprint density at radius 1 is 1.47 bits per heavy atom. The van der Waals surface area contributed by atoms with Gasteiger partial charge in [-0.05, 0) is 42.9 Å². The van der Waals surface area contributed by atoms with Crippen LogP contribution in [0.3, 0.4) is 0 Å². The number of aromatic nitrogens is 2. The van der Waals surface area contributed by atoms with Crippen LogP contribution in [0.25, 0.3) is 11.0 Å². The third-order valence-corrected chi connectivity index (χ3v) is 4.39. The molecular formula is C15H18ClFN2. The molecule has 2 nitrogen and oxygen atoms in total. The van der Waals surface area contributed by atoms with Crippen LogP contribution in [-0.2, 0) is 5.88 Å².